The van der Waals surface area contributed by atoms with Crippen molar-refractivity contribution in [1.82, 2.24) is 5.32 Å². The Bertz CT molecular complexity index is 412. The summed E-state index contributed by atoms with van der Waals surface area (Å²) in [5.41, 5.74) is 2.36. The minimum atomic E-state index is -0.145. The number of ether oxygens (including phenoxy) is 1. The smallest absolute Gasteiger partial charge is 0.234 e. The van der Waals surface area contributed by atoms with Crippen molar-refractivity contribution in [1.29, 1.82) is 0 Å². The van der Waals surface area contributed by atoms with Crippen molar-refractivity contribution in [2.45, 2.75) is 32.5 Å². The zero-order chi connectivity index (χ0) is 14.4. The summed E-state index contributed by atoms with van der Waals surface area (Å²) in [4.78, 5) is 11.5. The van der Waals surface area contributed by atoms with E-state index in [0.29, 0.717) is 13.2 Å². The van der Waals surface area contributed by atoms with E-state index in [9.17, 15) is 4.79 Å². The molecule has 0 saturated carbocycles. The molecule has 3 nitrogen and oxygen atoms in total. The molecule has 0 saturated heterocycles. The van der Waals surface area contributed by atoms with Crippen LogP contribution in [0.15, 0.2) is 18.2 Å². The van der Waals surface area contributed by atoms with E-state index < -0.39 is 0 Å². The molecule has 106 valence electrons. The van der Waals surface area contributed by atoms with Gasteiger partial charge in [-0.25, -0.2) is 0 Å². The van der Waals surface area contributed by atoms with Crippen LogP contribution in [0, 0.1) is 19.8 Å². The third kappa shape index (κ3) is 5.64. The Kier molecular flexibility index (Phi) is 6.35. The minimum absolute atomic E-state index is 0.0130. The summed E-state index contributed by atoms with van der Waals surface area (Å²) in [6, 6.07) is 6.10. The molecule has 4 heteroatoms. The molecule has 19 heavy (non-hydrogen) atoms. The maximum absolute atomic E-state index is 11.7. The van der Waals surface area contributed by atoms with Crippen molar-refractivity contribution in [2.24, 2.45) is 5.92 Å². The lowest BCUT2D eigenvalue weighted by atomic mass is 10.1. The van der Waals surface area contributed by atoms with Gasteiger partial charge in [-0.1, -0.05) is 35.8 Å². The molecule has 0 radical (unpaired) electrons. The fraction of sp³-hybridized carbons (Fsp3) is 0.533. The van der Waals surface area contributed by atoms with Crippen LogP contribution < -0.4 is 10.1 Å². The van der Waals surface area contributed by atoms with Gasteiger partial charge in [0.2, 0.25) is 5.91 Å². The number of hydrogen-bond donors (Lipinski definition) is 1. The van der Waals surface area contributed by atoms with Crippen LogP contribution in [0.4, 0.5) is 0 Å². The number of rotatable bonds is 6. The highest BCUT2D eigenvalue weighted by Gasteiger charge is 2.17. The largest absolute Gasteiger partial charge is 0.492 e. The van der Waals surface area contributed by atoms with Gasteiger partial charge < -0.3 is 10.1 Å². The van der Waals surface area contributed by atoms with E-state index in [0.717, 1.165) is 5.75 Å². The quantitative estimate of drug-likeness (QED) is 0.643. The van der Waals surface area contributed by atoms with Crippen molar-refractivity contribution in [3.63, 3.8) is 0 Å². The number of carbonyl (C=O) groups excluding carboxylic acids is 1. The molecule has 0 heterocycles. The summed E-state index contributed by atoms with van der Waals surface area (Å²) in [6.45, 7) is 9.09. The number of hydrogen-bond acceptors (Lipinski definition) is 2. The van der Waals surface area contributed by atoms with Crippen molar-refractivity contribution in [3.8, 4) is 5.75 Å². The Hall–Kier alpha value is -1.03. The van der Waals surface area contributed by atoms with Gasteiger partial charge in [0.05, 0.1) is 11.4 Å². The first-order chi connectivity index (χ1) is 8.90. The van der Waals surface area contributed by atoms with Crippen LogP contribution in [-0.2, 0) is 4.79 Å². The van der Waals surface area contributed by atoms with Gasteiger partial charge in [-0.15, -0.1) is 0 Å². The summed E-state index contributed by atoms with van der Waals surface area (Å²) in [5.74, 6) is 1.14. The molecule has 1 atom stereocenters. The maximum atomic E-state index is 11.7. The van der Waals surface area contributed by atoms with Crippen LogP contribution in [0.2, 0.25) is 0 Å². The van der Waals surface area contributed by atoms with E-state index >= 15 is 0 Å². The summed E-state index contributed by atoms with van der Waals surface area (Å²) < 4.78 is 5.63. The average Bonchev–Trinajstić information content (AvgIpc) is 2.32. The fourth-order valence-corrected chi connectivity index (χ4v) is 1.92. The SMILES string of the molecule is Cc1cc(C)cc(OCCNC(=O)C(Br)C(C)C)c1. The molecule has 1 aromatic rings. The fourth-order valence-electron chi connectivity index (χ4n) is 1.76. The number of halogens is 1. The predicted molar refractivity (Wildman–Crippen MR) is 82.0 cm³/mol. The second-order valence-corrected chi connectivity index (χ2v) is 6.10. The third-order valence-electron chi connectivity index (χ3n) is 2.70. The number of benzene rings is 1. The molecule has 1 amide bonds. The number of alkyl halides is 1. The lowest BCUT2D eigenvalue weighted by Crippen LogP contribution is -2.36. The second kappa shape index (κ2) is 7.53. The Labute approximate surface area is 123 Å². The van der Waals surface area contributed by atoms with Crippen LogP contribution in [0.5, 0.6) is 5.75 Å². The lowest BCUT2D eigenvalue weighted by molar-refractivity contribution is -0.121. The van der Waals surface area contributed by atoms with Crippen molar-refractivity contribution in [3.05, 3.63) is 29.3 Å². The molecule has 1 unspecified atom stereocenters. The highest BCUT2D eigenvalue weighted by molar-refractivity contribution is 9.10. The molecule has 0 aliphatic carbocycles. The topological polar surface area (TPSA) is 38.3 Å². The van der Waals surface area contributed by atoms with Gasteiger partial charge in [0.1, 0.15) is 12.4 Å². The van der Waals surface area contributed by atoms with Crippen LogP contribution >= 0.6 is 15.9 Å². The molecule has 1 aromatic carbocycles. The van der Waals surface area contributed by atoms with Crippen LogP contribution in [-0.4, -0.2) is 23.9 Å². The first-order valence-electron chi connectivity index (χ1n) is 6.53. The van der Waals surface area contributed by atoms with E-state index in [4.69, 9.17) is 4.74 Å². The van der Waals surface area contributed by atoms with Crippen LogP contribution in [0.1, 0.15) is 25.0 Å². The number of carbonyl (C=O) groups is 1. The van der Waals surface area contributed by atoms with Gasteiger partial charge in [-0.3, -0.25) is 4.79 Å². The van der Waals surface area contributed by atoms with Gasteiger partial charge in [-0.05, 0) is 43.0 Å². The zero-order valence-electron chi connectivity index (χ0n) is 12.0. The van der Waals surface area contributed by atoms with E-state index in [-0.39, 0.29) is 16.7 Å². The van der Waals surface area contributed by atoms with E-state index in [1.54, 1.807) is 0 Å². The molecular formula is C15H22BrNO2. The normalized spacial score (nSPS) is 12.3. The lowest BCUT2D eigenvalue weighted by Gasteiger charge is -2.14. The molecule has 0 bridgehead atoms. The minimum Gasteiger partial charge on any atom is -0.492 e. The predicted octanol–water partition coefficient (Wildman–Crippen LogP) is 3.22. The van der Waals surface area contributed by atoms with Crippen LogP contribution in [0.25, 0.3) is 0 Å². The van der Waals surface area contributed by atoms with Crippen LogP contribution in [0.3, 0.4) is 0 Å². The second-order valence-electron chi connectivity index (χ2n) is 5.11. The highest BCUT2D eigenvalue weighted by atomic mass is 79.9. The summed E-state index contributed by atoms with van der Waals surface area (Å²) >= 11 is 3.37. The molecule has 0 aliphatic rings. The monoisotopic (exact) mass is 327 g/mol. The number of amides is 1. The standard InChI is InChI=1S/C15H22BrNO2/c1-10(2)14(16)15(18)17-5-6-19-13-8-11(3)7-12(4)9-13/h7-10,14H,5-6H2,1-4H3,(H,17,18). The number of nitrogens with one attached hydrogen (secondary N) is 1. The highest BCUT2D eigenvalue weighted by Crippen LogP contribution is 2.16. The molecule has 0 fully saturated rings. The average molecular weight is 328 g/mol. The van der Waals surface area contributed by atoms with E-state index in [1.165, 1.54) is 11.1 Å². The third-order valence-corrected chi connectivity index (χ3v) is 4.17. The Morgan fingerprint density at radius 2 is 1.84 bits per heavy atom. The molecule has 0 aromatic heterocycles. The van der Waals surface area contributed by atoms with Gasteiger partial charge in [0, 0.05) is 0 Å². The Morgan fingerprint density at radius 1 is 1.26 bits per heavy atom. The number of aryl methyl sites for hydroxylation is 2. The first-order valence-corrected chi connectivity index (χ1v) is 7.44. The van der Waals surface area contributed by atoms with E-state index in [1.807, 2.05) is 39.8 Å². The Balaban J connectivity index is 2.33. The van der Waals surface area contributed by atoms with Gasteiger partial charge >= 0.3 is 0 Å². The molecule has 0 spiro atoms. The van der Waals surface area contributed by atoms with Gasteiger partial charge in [0.15, 0.2) is 0 Å². The zero-order valence-corrected chi connectivity index (χ0v) is 13.6. The summed E-state index contributed by atoms with van der Waals surface area (Å²) in [7, 11) is 0. The Morgan fingerprint density at radius 3 is 2.37 bits per heavy atom. The summed E-state index contributed by atoms with van der Waals surface area (Å²) in [6.07, 6.45) is 0. The first kappa shape index (κ1) is 16.0. The molecule has 1 rings (SSSR count). The van der Waals surface area contributed by atoms with E-state index in [2.05, 4.69) is 27.3 Å². The maximum Gasteiger partial charge on any atom is 0.234 e. The molecular weight excluding hydrogens is 306 g/mol. The molecule has 0 aliphatic heterocycles. The van der Waals surface area contributed by atoms with Gasteiger partial charge in [-0.2, -0.15) is 0 Å². The molecule has 1 N–H and O–H groups in total. The van der Waals surface area contributed by atoms with Crippen molar-refractivity contribution < 1.29 is 9.53 Å². The van der Waals surface area contributed by atoms with Crippen molar-refractivity contribution >= 4 is 21.8 Å². The van der Waals surface area contributed by atoms with Gasteiger partial charge in [0.25, 0.3) is 0 Å². The summed E-state index contributed by atoms with van der Waals surface area (Å²) in [5, 5.41) is 2.85. The van der Waals surface area contributed by atoms with Crippen molar-refractivity contribution in [2.75, 3.05) is 13.2 Å².